The predicted octanol–water partition coefficient (Wildman–Crippen LogP) is 3.77. The number of anilines is 2. The molecule has 2 aromatic carbocycles. The average molecular weight is 418 g/mol. The summed E-state index contributed by atoms with van der Waals surface area (Å²) < 4.78 is 1.08. The number of nitrogens with zero attached hydrogens (tertiary/aromatic N) is 2. The van der Waals surface area contributed by atoms with Gasteiger partial charge in [0, 0.05) is 17.7 Å². The number of hydrogen-bond donors (Lipinski definition) is 2. The van der Waals surface area contributed by atoms with Crippen molar-refractivity contribution in [3.63, 3.8) is 0 Å². The van der Waals surface area contributed by atoms with Crippen LogP contribution in [0.25, 0.3) is 11.3 Å². The van der Waals surface area contributed by atoms with Gasteiger partial charge in [-0.1, -0.05) is 55.8 Å². The minimum atomic E-state index is -0.533. The molecule has 2 amide bonds. The summed E-state index contributed by atoms with van der Waals surface area (Å²) in [4.78, 5) is 37.3. The fourth-order valence-corrected chi connectivity index (χ4v) is 3.00. The van der Waals surface area contributed by atoms with Gasteiger partial charge in [0.05, 0.1) is 5.69 Å². The van der Waals surface area contributed by atoms with Crippen molar-refractivity contribution in [1.29, 1.82) is 0 Å². The van der Waals surface area contributed by atoms with E-state index in [2.05, 4.69) is 22.7 Å². The van der Waals surface area contributed by atoms with Gasteiger partial charge >= 0.3 is 0 Å². The van der Waals surface area contributed by atoms with Crippen molar-refractivity contribution in [2.45, 2.75) is 40.2 Å². The minimum absolute atomic E-state index is 0.0949. The van der Waals surface area contributed by atoms with Gasteiger partial charge in [-0.2, -0.15) is 5.10 Å². The first-order valence-corrected chi connectivity index (χ1v) is 10.3. The molecule has 3 rings (SSSR count). The summed E-state index contributed by atoms with van der Waals surface area (Å²) in [5, 5.41) is 9.76. The van der Waals surface area contributed by atoms with Gasteiger partial charge in [-0.05, 0) is 37.1 Å². The van der Waals surface area contributed by atoms with Crippen molar-refractivity contribution < 1.29 is 9.59 Å². The summed E-state index contributed by atoms with van der Waals surface area (Å²) in [7, 11) is 0. The third-order valence-electron chi connectivity index (χ3n) is 4.86. The highest BCUT2D eigenvalue weighted by Crippen LogP contribution is 2.19. The van der Waals surface area contributed by atoms with Crippen LogP contribution in [0.2, 0.25) is 0 Å². The zero-order valence-electron chi connectivity index (χ0n) is 17.9. The second kappa shape index (κ2) is 9.84. The third-order valence-corrected chi connectivity index (χ3v) is 4.86. The van der Waals surface area contributed by atoms with Crippen LogP contribution < -0.4 is 16.2 Å². The first-order chi connectivity index (χ1) is 14.9. The Kier molecular flexibility index (Phi) is 6.97. The molecular formula is C24H26N4O3. The van der Waals surface area contributed by atoms with E-state index in [1.165, 1.54) is 0 Å². The van der Waals surface area contributed by atoms with Crippen LogP contribution in [0.5, 0.6) is 0 Å². The number of hydrogen-bond acceptors (Lipinski definition) is 4. The molecule has 0 unspecified atom stereocenters. The van der Waals surface area contributed by atoms with Gasteiger partial charge in [0.15, 0.2) is 0 Å². The Morgan fingerprint density at radius 1 is 0.935 bits per heavy atom. The lowest BCUT2D eigenvalue weighted by molar-refractivity contribution is -0.117. The van der Waals surface area contributed by atoms with Crippen LogP contribution in [0.1, 0.15) is 31.4 Å². The summed E-state index contributed by atoms with van der Waals surface area (Å²) in [5.74, 6) is -0.669. The molecule has 0 aliphatic carbocycles. The number of carbonyl (C=O) groups excluding carboxylic acids is 2. The first-order valence-electron chi connectivity index (χ1n) is 10.3. The molecule has 0 radical (unpaired) electrons. The molecule has 0 bridgehead atoms. The van der Waals surface area contributed by atoms with Crippen molar-refractivity contribution in [2.75, 3.05) is 10.6 Å². The molecule has 31 heavy (non-hydrogen) atoms. The van der Waals surface area contributed by atoms with Crippen LogP contribution in [0.3, 0.4) is 0 Å². The average Bonchev–Trinajstić information content (AvgIpc) is 2.77. The van der Waals surface area contributed by atoms with Gasteiger partial charge < -0.3 is 10.6 Å². The van der Waals surface area contributed by atoms with Gasteiger partial charge in [-0.3, -0.25) is 14.4 Å². The Morgan fingerprint density at radius 3 is 2.23 bits per heavy atom. The maximum Gasteiger partial charge on any atom is 0.291 e. The Labute approximate surface area is 181 Å². The lowest BCUT2D eigenvalue weighted by Crippen LogP contribution is -2.32. The molecule has 1 heterocycles. The SMILES string of the molecule is CCC(=O)Nc1cc(-c2ccc(C)cc2)nn(CC(=O)Nc2ccc(CC)cc2)c1=O. The lowest BCUT2D eigenvalue weighted by Gasteiger charge is -2.12. The molecule has 7 heteroatoms. The Bertz CT molecular complexity index is 1130. The molecule has 0 saturated heterocycles. The highest BCUT2D eigenvalue weighted by Gasteiger charge is 2.14. The summed E-state index contributed by atoms with van der Waals surface area (Å²) >= 11 is 0. The molecule has 0 aliphatic heterocycles. The Morgan fingerprint density at radius 2 is 1.61 bits per heavy atom. The molecule has 0 aliphatic rings. The normalized spacial score (nSPS) is 10.5. The van der Waals surface area contributed by atoms with E-state index in [1.807, 2.05) is 55.5 Å². The summed E-state index contributed by atoms with van der Waals surface area (Å²) in [6.45, 7) is 5.46. The van der Waals surface area contributed by atoms with Gasteiger partial charge in [-0.25, -0.2) is 4.68 Å². The summed E-state index contributed by atoms with van der Waals surface area (Å²) in [6.07, 6.45) is 1.14. The number of nitrogens with one attached hydrogen (secondary N) is 2. The Balaban J connectivity index is 1.91. The van der Waals surface area contributed by atoms with E-state index in [4.69, 9.17) is 0 Å². The number of aryl methyl sites for hydroxylation is 2. The zero-order valence-corrected chi connectivity index (χ0v) is 17.9. The van der Waals surface area contributed by atoms with Crippen molar-refractivity contribution in [2.24, 2.45) is 0 Å². The first kappa shape index (κ1) is 22.0. The number of aromatic nitrogens is 2. The van der Waals surface area contributed by atoms with Crippen LogP contribution in [0.15, 0.2) is 59.4 Å². The quantitative estimate of drug-likeness (QED) is 0.611. The second-order valence-corrected chi connectivity index (χ2v) is 7.27. The second-order valence-electron chi connectivity index (χ2n) is 7.27. The predicted molar refractivity (Wildman–Crippen MR) is 122 cm³/mol. The van der Waals surface area contributed by atoms with Crippen LogP contribution in [0, 0.1) is 6.92 Å². The van der Waals surface area contributed by atoms with Crippen molar-refractivity contribution in [3.8, 4) is 11.3 Å². The maximum absolute atomic E-state index is 12.8. The fraction of sp³-hybridized carbons (Fsp3) is 0.250. The molecule has 1 aromatic heterocycles. The standard InChI is InChI=1S/C24H26N4O3/c1-4-17-8-12-19(13-9-17)25-23(30)15-28-24(31)21(26-22(29)5-2)14-20(27-28)18-10-6-16(3)7-11-18/h6-14H,4-5,15H2,1-3H3,(H,25,30)(H,26,29). The van der Waals surface area contributed by atoms with Crippen LogP contribution >= 0.6 is 0 Å². The van der Waals surface area contributed by atoms with E-state index in [-0.39, 0.29) is 30.5 Å². The topological polar surface area (TPSA) is 93.1 Å². The Hall–Kier alpha value is -3.74. The number of benzene rings is 2. The van der Waals surface area contributed by atoms with Crippen LogP contribution in [-0.4, -0.2) is 21.6 Å². The van der Waals surface area contributed by atoms with Gasteiger partial charge in [0.2, 0.25) is 11.8 Å². The smallest absolute Gasteiger partial charge is 0.291 e. The van der Waals surface area contributed by atoms with Crippen LogP contribution in [0.4, 0.5) is 11.4 Å². The largest absolute Gasteiger partial charge is 0.324 e. The third kappa shape index (κ3) is 5.66. The maximum atomic E-state index is 12.8. The summed E-state index contributed by atoms with van der Waals surface area (Å²) in [6, 6.07) is 16.7. The number of rotatable bonds is 7. The molecule has 0 fully saturated rings. The number of carbonyl (C=O) groups is 2. The molecular weight excluding hydrogens is 392 g/mol. The molecule has 0 atom stereocenters. The lowest BCUT2D eigenvalue weighted by atomic mass is 10.1. The molecule has 0 spiro atoms. The van der Waals surface area contributed by atoms with E-state index in [9.17, 15) is 14.4 Å². The van der Waals surface area contributed by atoms with E-state index < -0.39 is 5.56 Å². The minimum Gasteiger partial charge on any atom is -0.324 e. The van der Waals surface area contributed by atoms with E-state index >= 15 is 0 Å². The van der Waals surface area contributed by atoms with Gasteiger partial charge in [0.25, 0.3) is 5.56 Å². The molecule has 7 nitrogen and oxygen atoms in total. The van der Waals surface area contributed by atoms with Crippen LogP contribution in [-0.2, 0) is 22.6 Å². The van der Waals surface area contributed by atoms with E-state index in [0.29, 0.717) is 11.4 Å². The van der Waals surface area contributed by atoms with Crippen molar-refractivity contribution in [3.05, 3.63) is 76.1 Å². The van der Waals surface area contributed by atoms with Crippen molar-refractivity contribution >= 4 is 23.2 Å². The molecule has 2 N–H and O–H groups in total. The van der Waals surface area contributed by atoms with Crippen molar-refractivity contribution in [1.82, 2.24) is 9.78 Å². The highest BCUT2D eigenvalue weighted by atomic mass is 16.2. The molecule has 160 valence electrons. The van der Waals surface area contributed by atoms with Gasteiger partial charge in [0.1, 0.15) is 12.2 Å². The summed E-state index contributed by atoms with van der Waals surface area (Å²) in [5.41, 5.74) is 3.73. The van der Waals surface area contributed by atoms with E-state index in [1.54, 1.807) is 13.0 Å². The highest BCUT2D eigenvalue weighted by molar-refractivity contribution is 5.92. The number of amides is 2. The van der Waals surface area contributed by atoms with Gasteiger partial charge in [-0.15, -0.1) is 0 Å². The monoisotopic (exact) mass is 418 g/mol. The zero-order chi connectivity index (χ0) is 22.4. The molecule has 0 saturated carbocycles. The van der Waals surface area contributed by atoms with E-state index in [0.717, 1.165) is 27.8 Å². The molecule has 3 aromatic rings. The fourth-order valence-electron chi connectivity index (χ4n) is 3.00.